The van der Waals surface area contributed by atoms with Gasteiger partial charge >= 0.3 is 0 Å². The molecule has 2 N–H and O–H groups in total. The minimum atomic E-state index is 0.0799. The Labute approximate surface area is 120 Å². The summed E-state index contributed by atoms with van der Waals surface area (Å²) in [5.41, 5.74) is 7.04. The molecule has 2 aliphatic rings. The predicted molar refractivity (Wildman–Crippen MR) is 78.3 cm³/mol. The Kier molecular flexibility index (Phi) is 3.68. The standard InChI is InChI=1S/C15H24N4O/c1-2-19-14(12(16)10-17-19)15(20)18-9-5-8-13(18)11-6-3-4-7-11/h10-11,13H,2-9,16H2,1H3. The number of hydrogen-bond acceptors (Lipinski definition) is 3. The fourth-order valence-corrected chi connectivity index (χ4v) is 3.89. The highest BCUT2D eigenvalue weighted by Crippen LogP contribution is 2.36. The highest BCUT2D eigenvalue weighted by Gasteiger charge is 2.37. The van der Waals surface area contributed by atoms with E-state index >= 15 is 0 Å². The molecule has 0 radical (unpaired) electrons. The van der Waals surface area contributed by atoms with E-state index in [0.29, 0.717) is 29.9 Å². The van der Waals surface area contributed by atoms with Crippen molar-refractivity contribution in [1.29, 1.82) is 0 Å². The molecular weight excluding hydrogens is 252 g/mol. The summed E-state index contributed by atoms with van der Waals surface area (Å²) >= 11 is 0. The maximum atomic E-state index is 12.9. The SMILES string of the molecule is CCn1ncc(N)c1C(=O)N1CCCC1C1CCCC1. The summed E-state index contributed by atoms with van der Waals surface area (Å²) in [4.78, 5) is 14.9. The third-order valence-electron chi connectivity index (χ3n) is 4.87. The lowest BCUT2D eigenvalue weighted by atomic mass is 9.96. The number of carbonyl (C=O) groups excluding carboxylic acids is 1. The molecule has 1 aromatic rings. The molecule has 5 heteroatoms. The number of rotatable bonds is 3. The Morgan fingerprint density at radius 1 is 1.35 bits per heavy atom. The number of likely N-dealkylation sites (tertiary alicyclic amines) is 1. The first-order valence-electron chi connectivity index (χ1n) is 7.84. The summed E-state index contributed by atoms with van der Waals surface area (Å²) in [6, 6.07) is 0.421. The number of nitrogen functional groups attached to an aromatic ring is 1. The number of carbonyl (C=O) groups is 1. The van der Waals surface area contributed by atoms with E-state index in [1.807, 2.05) is 6.92 Å². The van der Waals surface area contributed by atoms with Gasteiger partial charge in [0.2, 0.25) is 0 Å². The van der Waals surface area contributed by atoms with Crippen LogP contribution in [0.4, 0.5) is 5.69 Å². The van der Waals surface area contributed by atoms with E-state index in [-0.39, 0.29) is 5.91 Å². The zero-order valence-electron chi connectivity index (χ0n) is 12.2. The van der Waals surface area contributed by atoms with Crippen molar-refractivity contribution in [3.8, 4) is 0 Å². The van der Waals surface area contributed by atoms with Crippen LogP contribution in [0.2, 0.25) is 0 Å². The van der Waals surface area contributed by atoms with E-state index in [1.165, 1.54) is 25.7 Å². The van der Waals surface area contributed by atoms with Crippen LogP contribution in [0.25, 0.3) is 0 Å². The fourth-order valence-electron chi connectivity index (χ4n) is 3.89. The Hall–Kier alpha value is -1.52. The van der Waals surface area contributed by atoms with Gasteiger partial charge in [0.15, 0.2) is 0 Å². The first-order chi connectivity index (χ1) is 9.72. The molecule has 1 unspecified atom stereocenters. The first-order valence-corrected chi connectivity index (χ1v) is 7.84. The molecule has 1 amide bonds. The number of hydrogen-bond donors (Lipinski definition) is 1. The average molecular weight is 276 g/mol. The second-order valence-corrected chi connectivity index (χ2v) is 6.02. The van der Waals surface area contributed by atoms with Gasteiger partial charge in [-0.2, -0.15) is 5.10 Å². The van der Waals surface area contributed by atoms with Crippen LogP contribution >= 0.6 is 0 Å². The van der Waals surface area contributed by atoms with E-state index < -0.39 is 0 Å². The van der Waals surface area contributed by atoms with Crippen LogP contribution in [0.5, 0.6) is 0 Å². The van der Waals surface area contributed by atoms with Crippen molar-refractivity contribution < 1.29 is 4.79 Å². The van der Waals surface area contributed by atoms with Crippen molar-refractivity contribution in [1.82, 2.24) is 14.7 Å². The van der Waals surface area contributed by atoms with Gasteiger partial charge in [-0.15, -0.1) is 0 Å². The van der Waals surface area contributed by atoms with E-state index in [0.717, 1.165) is 19.4 Å². The van der Waals surface area contributed by atoms with Crippen LogP contribution in [0, 0.1) is 5.92 Å². The molecule has 1 aliphatic carbocycles. The molecule has 2 heterocycles. The van der Waals surface area contributed by atoms with Crippen molar-refractivity contribution in [3.63, 3.8) is 0 Å². The van der Waals surface area contributed by atoms with Crippen LogP contribution in [0.1, 0.15) is 55.9 Å². The zero-order chi connectivity index (χ0) is 14.1. The fraction of sp³-hybridized carbons (Fsp3) is 0.733. The molecule has 5 nitrogen and oxygen atoms in total. The molecule has 0 aromatic carbocycles. The second kappa shape index (κ2) is 5.46. The van der Waals surface area contributed by atoms with E-state index in [2.05, 4.69) is 10.00 Å². The van der Waals surface area contributed by atoms with Crippen molar-refractivity contribution in [2.24, 2.45) is 5.92 Å². The molecule has 110 valence electrons. The van der Waals surface area contributed by atoms with Gasteiger partial charge in [0.25, 0.3) is 5.91 Å². The Balaban J connectivity index is 1.83. The largest absolute Gasteiger partial charge is 0.396 e. The third kappa shape index (κ3) is 2.19. The average Bonchev–Trinajstić information content (AvgIpc) is 3.17. The normalized spacial score (nSPS) is 23.6. The number of nitrogens with two attached hydrogens (primary N) is 1. The minimum absolute atomic E-state index is 0.0799. The molecule has 0 spiro atoms. The monoisotopic (exact) mass is 276 g/mol. The van der Waals surface area contributed by atoms with E-state index in [1.54, 1.807) is 10.9 Å². The molecular formula is C15H24N4O. The maximum Gasteiger partial charge on any atom is 0.274 e. The first kappa shape index (κ1) is 13.5. The highest BCUT2D eigenvalue weighted by molar-refractivity contribution is 5.97. The van der Waals surface area contributed by atoms with Gasteiger partial charge < -0.3 is 10.6 Å². The van der Waals surface area contributed by atoms with Crippen molar-refractivity contribution in [3.05, 3.63) is 11.9 Å². The Morgan fingerprint density at radius 3 is 2.80 bits per heavy atom. The van der Waals surface area contributed by atoms with Gasteiger partial charge in [0.1, 0.15) is 5.69 Å². The molecule has 1 aliphatic heterocycles. The van der Waals surface area contributed by atoms with Crippen molar-refractivity contribution >= 4 is 11.6 Å². The van der Waals surface area contributed by atoms with Gasteiger partial charge in [0.05, 0.1) is 11.9 Å². The van der Waals surface area contributed by atoms with Gasteiger partial charge in [-0.05, 0) is 38.5 Å². The smallest absolute Gasteiger partial charge is 0.274 e. The maximum absolute atomic E-state index is 12.9. The molecule has 1 atom stereocenters. The van der Waals surface area contributed by atoms with Crippen LogP contribution < -0.4 is 5.73 Å². The molecule has 3 rings (SSSR count). The summed E-state index contributed by atoms with van der Waals surface area (Å²) in [5.74, 6) is 0.775. The number of aryl methyl sites for hydroxylation is 1. The summed E-state index contributed by atoms with van der Waals surface area (Å²) in [6.45, 7) is 3.54. The topological polar surface area (TPSA) is 64.2 Å². The van der Waals surface area contributed by atoms with Crippen molar-refractivity contribution in [2.45, 2.75) is 58.0 Å². The molecule has 1 aromatic heterocycles. The van der Waals surface area contributed by atoms with E-state index in [4.69, 9.17) is 5.73 Å². The van der Waals surface area contributed by atoms with Gasteiger partial charge in [0, 0.05) is 19.1 Å². The number of nitrogens with zero attached hydrogens (tertiary/aromatic N) is 3. The van der Waals surface area contributed by atoms with Crippen molar-refractivity contribution in [2.75, 3.05) is 12.3 Å². The van der Waals surface area contributed by atoms with E-state index in [9.17, 15) is 4.79 Å². The summed E-state index contributed by atoms with van der Waals surface area (Å²) < 4.78 is 1.72. The van der Waals surface area contributed by atoms with Gasteiger partial charge in [-0.25, -0.2) is 0 Å². The van der Waals surface area contributed by atoms with Gasteiger partial charge in [-0.1, -0.05) is 12.8 Å². The van der Waals surface area contributed by atoms with Crippen LogP contribution in [0.15, 0.2) is 6.20 Å². The lowest BCUT2D eigenvalue weighted by Crippen LogP contribution is -2.40. The number of amides is 1. The van der Waals surface area contributed by atoms with Crippen LogP contribution in [0.3, 0.4) is 0 Å². The van der Waals surface area contributed by atoms with Gasteiger partial charge in [-0.3, -0.25) is 9.48 Å². The quantitative estimate of drug-likeness (QED) is 0.921. The summed E-state index contributed by atoms with van der Waals surface area (Å²) in [7, 11) is 0. The second-order valence-electron chi connectivity index (χ2n) is 6.02. The highest BCUT2D eigenvalue weighted by atomic mass is 16.2. The molecule has 1 saturated heterocycles. The summed E-state index contributed by atoms with van der Waals surface area (Å²) in [6.07, 6.45) is 9.05. The number of aromatic nitrogens is 2. The molecule has 2 fully saturated rings. The molecule has 1 saturated carbocycles. The molecule has 0 bridgehead atoms. The lowest BCUT2D eigenvalue weighted by Gasteiger charge is -2.29. The Bertz CT molecular complexity index is 490. The Morgan fingerprint density at radius 2 is 2.10 bits per heavy atom. The lowest BCUT2D eigenvalue weighted by molar-refractivity contribution is 0.0677. The van der Waals surface area contributed by atoms with Crippen LogP contribution in [-0.4, -0.2) is 33.2 Å². The van der Waals surface area contributed by atoms with Crippen LogP contribution in [-0.2, 0) is 6.54 Å². The molecule has 20 heavy (non-hydrogen) atoms. The zero-order valence-corrected chi connectivity index (χ0v) is 12.2. The third-order valence-corrected chi connectivity index (χ3v) is 4.87. The summed E-state index contributed by atoms with van der Waals surface area (Å²) in [5, 5.41) is 4.19. The number of anilines is 1. The predicted octanol–water partition coefficient (Wildman–Crippen LogP) is 2.28. The minimum Gasteiger partial charge on any atom is -0.396 e.